The molecule has 0 unspecified atom stereocenters. The number of furan rings is 1. The van der Waals surface area contributed by atoms with Crippen molar-refractivity contribution in [2.45, 2.75) is 51.4 Å². The van der Waals surface area contributed by atoms with E-state index < -0.39 is 6.09 Å². The first kappa shape index (κ1) is 22.7. The van der Waals surface area contributed by atoms with Crippen LogP contribution in [0.25, 0.3) is 11.0 Å². The molecule has 2 heterocycles. The Kier molecular flexibility index (Phi) is 7.72. The Morgan fingerprint density at radius 1 is 1.16 bits per heavy atom. The minimum atomic E-state index is -0.548. The number of unbranched alkanes of at least 4 members (excludes halogenated alkanes) is 3. The number of carbonyl (C=O) groups is 1. The Morgan fingerprint density at radius 2 is 2.00 bits per heavy atom. The number of ether oxygens (including phenoxy) is 1. The Labute approximate surface area is 194 Å². The highest BCUT2D eigenvalue weighted by atomic mass is 35.5. The van der Waals surface area contributed by atoms with Crippen LogP contribution in [-0.2, 0) is 0 Å². The van der Waals surface area contributed by atoms with Crippen molar-refractivity contribution >= 4 is 34.4 Å². The number of likely N-dealkylation sites (tertiary alicyclic amines) is 1. The summed E-state index contributed by atoms with van der Waals surface area (Å²) in [5.74, 6) is 0.887. The molecule has 1 saturated heterocycles. The molecule has 1 amide bonds. The lowest BCUT2D eigenvalue weighted by Gasteiger charge is -2.31. The number of halogens is 1. The van der Waals surface area contributed by atoms with Gasteiger partial charge in [0, 0.05) is 21.7 Å². The van der Waals surface area contributed by atoms with E-state index in [1.165, 1.54) is 37.8 Å². The van der Waals surface area contributed by atoms with Crippen LogP contribution in [0.5, 0.6) is 5.75 Å². The molecule has 2 aromatic carbocycles. The van der Waals surface area contributed by atoms with Crippen LogP contribution in [0.15, 0.2) is 53.1 Å². The number of amides is 1. The molecule has 1 aliphatic rings. The van der Waals surface area contributed by atoms with E-state index in [0.717, 1.165) is 36.9 Å². The van der Waals surface area contributed by atoms with Crippen molar-refractivity contribution in [1.82, 2.24) is 4.90 Å². The van der Waals surface area contributed by atoms with E-state index in [1.807, 2.05) is 24.5 Å². The number of benzene rings is 2. The van der Waals surface area contributed by atoms with Crippen LogP contribution < -0.4 is 10.1 Å². The second kappa shape index (κ2) is 10.9. The van der Waals surface area contributed by atoms with Crippen molar-refractivity contribution in [3.05, 3.63) is 59.3 Å². The number of fused-ring (bicyclic) bond motifs is 1. The van der Waals surface area contributed by atoms with Gasteiger partial charge in [-0.3, -0.25) is 5.32 Å². The fourth-order valence-corrected chi connectivity index (χ4v) is 4.63. The first-order valence-corrected chi connectivity index (χ1v) is 12.0. The first-order valence-electron chi connectivity index (χ1n) is 11.6. The Hall–Kier alpha value is -2.50. The maximum absolute atomic E-state index is 12.3. The molecular formula is C26H31ClN2O3. The molecule has 0 spiro atoms. The van der Waals surface area contributed by atoms with Gasteiger partial charge in [0.05, 0.1) is 6.26 Å². The lowest BCUT2D eigenvalue weighted by molar-refractivity contribution is 0.208. The summed E-state index contributed by atoms with van der Waals surface area (Å²) in [6.45, 7) is 5.73. The van der Waals surface area contributed by atoms with Crippen LogP contribution in [0.2, 0.25) is 5.02 Å². The maximum Gasteiger partial charge on any atom is 0.417 e. The SMILES string of the molecule is CCCCCCN1CCC(c2coc3ccc(NC(=O)Oc4cccc(Cl)c4)cc23)CC1. The van der Waals surface area contributed by atoms with Gasteiger partial charge < -0.3 is 14.1 Å². The van der Waals surface area contributed by atoms with E-state index in [4.69, 9.17) is 20.8 Å². The molecule has 6 heteroatoms. The zero-order valence-corrected chi connectivity index (χ0v) is 19.4. The quantitative estimate of drug-likeness (QED) is 0.359. The molecule has 1 N–H and O–H groups in total. The van der Waals surface area contributed by atoms with Crippen LogP contribution in [0, 0.1) is 0 Å². The molecule has 170 valence electrons. The molecule has 32 heavy (non-hydrogen) atoms. The fraction of sp³-hybridized carbons (Fsp3) is 0.423. The second-order valence-corrected chi connectivity index (χ2v) is 8.99. The minimum absolute atomic E-state index is 0.404. The summed E-state index contributed by atoms with van der Waals surface area (Å²) in [5, 5.41) is 4.39. The largest absolute Gasteiger partial charge is 0.464 e. The number of rotatable bonds is 8. The predicted octanol–water partition coefficient (Wildman–Crippen LogP) is 7.46. The van der Waals surface area contributed by atoms with Gasteiger partial charge in [0.15, 0.2) is 0 Å². The van der Waals surface area contributed by atoms with Gasteiger partial charge in [-0.1, -0.05) is 43.9 Å². The molecule has 0 atom stereocenters. The number of anilines is 1. The average Bonchev–Trinajstić information content (AvgIpc) is 3.20. The molecule has 0 bridgehead atoms. The van der Waals surface area contributed by atoms with Crippen LogP contribution in [0.1, 0.15) is 56.9 Å². The average molecular weight is 455 g/mol. The normalized spacial score (nSPS) is 15.2. The molecule has 3 aromatic rings. The standard InChI is InChI=1S/C26H31ClN2O3/c1-2-3-4-5-13-29-14-11-19(12-15-29)24-18-31-25-10-9-21(17-23(24)25)28-26(30)32-22-8-6-7-20(27)16-22/h6-10,16-19H,2-5,11-15H2,1H3,(H,28,30). The lowest BCUT2D eigenvalue weighted by Crippen LogP contribution is -2.33. The molecule has 0 aliphatic carbocycles. The topological polar surface area (TPSA) is 54.7 Å². The Morgan fingerprint density at radius 3 is 2.78 bits per heavy atom. The molecule has 4 rings (SSSR count). The van der Waals surface area contributed by atoms with Crippen LogP contribution in [0.3, 0.4) is 0 Å². The first-order chi connectivity index (χ1) is 15.6. The highest BCUT2D eigenvalue weighted by Crippen LogP contribution is 2.35. The molecule has 1 aromatic heterocycles. The summed E-state index contributed by atoms with van der Waals surface area (Å²) in [6.07, 6.45) is 8.86. The number of carbonyl (C=O) groups excluding carboxylic acids is 1. The number of hydrogen-bond donors (Lipinski definition) is 1. The van der Waals surface area contributed by atoms with Gasteiger partial charge in [-0.15, -0.1) is 0 Å². The fourth-order valence-electron chi connectivity index (χ4n) is 4.45. The van der Waals surface area contributed by atoms with Crippen molar-refractivity contribution in [2.24, 2.45) is 0 Å². The molecule has 0 radical (unpaired) electrons. The van der Waals surface area contributed by atoms with Gasteiger partial charge in [-0.25, -0.2) is 4.79 Å². The third-order valence-corrected chi connectivity index (χ3v) is 6.45. The molecule has 1 fully saturated rings. The van der Waals surface area contributed by atoms with Crippen molar-refractivity contribution in [1.29, 1.82) is 0 Å². The monoisotopic (exact) mass is 454 g/mol. The van der Waals surface area contributed by atoms with Gasteiger partial charge in [-0.2, -0.15) is 0 Å². The summed E-state index contributed by atoms with van der Waals surface area (Å²) < 4.78 is 11.2. The maximum atomic E-state index is 12.3. The van der Waals surface area contributed by atoms with Crippen LogP contribution in [0.4, 0.5) is 10.5 Å². The van der Waals surface area contributed by atoms with E-state index in [0.29, 0.717) is 22.4 Å². The zero-order chi connectivity index (χ0) is 22.3. The highest BCUT2D eigenvalue weighted by Gasteiger charge is 2.23. The summed E-state index contributed by atoms with van der Waals surface area (Å²) in [6, 6.07) is 12.5. The summed E-state index contributed by atoms with van der Waals surface area (Å²) in [7, 11) is 0. The van der Waals surface area contributed by atoms with Crippen molar-refractivity contribution in [3.63, 3.8) is 0 Å². The van der Waals surface area contributed by atoms with E-state index in [-0.39, 0.29) is 0 Å². The van der Waals surface area contributed by atoms with Gasteiger partial charge in [0.2, 0.25) is 0 Å². The van der Waals surface area contributed by atoms with Crippen LogP contribution >= 0.6 is 11.6 Å². The number of nitrogens with one attached hydrogen (secondary N) is 1. The van der Waals surface area contributed by atoms with Gasteiger partial charge >= 0.3 is 6.09 Å². The third kappa shape index (κ3) is 5.84. The zero-order valence-electron chi connectivity index (χ0n) is 18.6. The third-order valence-electron chi connectivity index (χ3n) is 6.21. The lowest BCUT2D eigenvalue weighted by atomic mass is 9.89. The molecular weight excluding hydrogens is 424 g/mol. The van der Waals surface area contributed by atoms with Crippen molar-refractivity contribution in [2.75, 3.05) is 25.0 Å². The summed E-state index contributed by atoms with van der Waals surface area (Å²) in [4.78, 5) is 14.9. The molecule has 0 saturated carbocycles. The highest BCUT2D eigenvalue weighted by molar-refractivity contribution is 6.30. The molecule has 5 nitrogen and oxygen atoms in total. The Bertz CT molecular complexity index is 1040. The van der Waals surface area contributed by atoms with Crippen molar-refractivity contribution in [3.8, 4) is 5.75 Å². The predicted molar refractivity (Wildman–Crippen MR) is 130 cm³/mol. The van der Waals surface area contributed by atoms with E-state index in [9.17, 15) is 4.79 Å². The summed E-state index contributed by atoms with van der Waals surface area (Å²) >= 11 is 5.95. The Balaban J connectivity index is 1.37. The second-order valence-electron chi connectivity index (χ2n) is 8.55. The molecule has 1 aliphatic heterocycles. The summed E-state index contributed by atoms with van der Waals surface area (Å²) in [5.41, 5.74) is 2.76. The van der Waals surface area contributed by atoms with Crippen molar-refractivity contribution < 1.29 is 13.9 Å². The smallest absolute Gasteiger partial charge is 0.417 e. The number of hydrogen-bond acceptors (Lipinski definition) is 4. The number of piperidine rings is 1. The van der Waals surface area contributed by atoms with Crippen LogP contribution in [-0.4, -0.2) is 30.6 Å². The van der Waals surface area contributed by atoms with Gasteiger partial charge in [0.1, 0.15) is 11.3 Å². The van der Waals surface area contributed by atoms with E-state index in [1.54, 1.807) is 24.3 Å². The number of nitrogens with zero attached hydrogens (tertiary/aromatic N) is 1. The minimum Gasteiger partial charge on any atom is -0.464 e. The van der Waals surface area contributed by atoms with Gasteiger partial charge in [0.25, 0.3) is 0 Å². The van der Waals surface area contributed by atoms with Gasteiger partial charge in [-0.05, 0) is 81.2 Å². The van der Waals surface area contributed by atoms with E-state index >= 15 is 0 Å². The van der Waals surface area contributed by atoms with E-state index in [2.05, 4.69) is 17.1 Å².